The smallest absolute Gasteiger partial charge is 0.359 e. The second-order valence-corrected chi connectivity index (χ2v) is 8.84. The predicted octanol–water partition coefficient (Wildman–Crippen LogP) is 4.50. The van der Waals surface area contributed by atoms with Gasteiger partial charge < -0.3 is 9.47 Å². The van der Waals surface area contributed by atoms with Gasteiger partial charge in [-0.15, -0.1) is 0 Å². The number of hydrogen-bond donors (Lipinski definition) is 0. The molecule has 4 heterocycles. The average Bonchev–Trinajstić information content (AvgIpc) is 3.43. The van der Waals surface area contributed by atoms with Gasteiger partial charge in [0.25, 0.3) is 0 Å². The van der Waals surface area contributed by atoms with E-state index in [4.69, 9.17) is 4.98 Å². The highest BCUT2D eigenvalue weighted by Gasteiger charge is 2.34. The Morgan fingerprint density at radius 3 is 2.51 bits per heavy atom. The Labute approximate surface area is 211 Å². The SMILES string of the molecule is CCN(C)c1ncccc1-c1ncc2c(n1)N(Cc1ccc(-c3nc(C(F)(F)F)cn3C)cc1)C(=O)C2. The van der Waals surface area contributed by atoms with Crippen LogP contribution in [0.25, 0.3) is 22.8 Å². The van der Waals surface area contributed by atoms with Crippen LogP contribution in [0.4, 0.5) is 24.8 Å². The molecule has 0 aliphatic carbocycles. The number of fused-ring (bicyclic) bond motifs is 1. The van der Waals surface area contributed by atoms with Gasteiger partial charge in [0, 0.05) is 50.4 Å². The van der Waals surface area contributed by atoms with Crippen LogP contribution in [0.2, 0.25) is 0 Å². The second-order valence-electron chi connectivity index (χ2n) is 8.84. The number of aromatic nitrogens is 5. The number of halogens is 3. The van der Waals surface area contributed by atoms with E-state index in [1.54, 1.807) is 41.6 Å². The maximum absolute atomic E-state index is 13.0. The standard InChI is InChI=1S/C26H24F3N7O/c1-4-34(2)25-19(6-5-11-30-25)22-31-13-18-12-21(37)36(24(18)33-22)14-16-7-9-17(10-8-16)23-32-20(15-35(23)3)26(27,28)29/h5-11,13,15H,4,12,14H2,1-3H3. The number of anilines is 2. The minimum Gasteiger partial charge on any atom is -0.359 e. The minimum atomic E-state index is -4.51. The van der Waals surface area contributed by atoms with Crippen molar-refractivity contribution in [2.75, 3.05) is 23.4 Å². The molecule has 0 N–H and O–H groups in total. The first kappa shape index (κ1) is 24.4. The van der Waals surface area contributed by atoms with E-state index in [9.17, 15) is 18.0 Å². The van der Waals surface area contributed by atoms with E-state index in [1.165, 1.54) is 11.6 Å². The monoisotopic (exact) mass is 507 g/mol. The van der Waals surface area contributed by atoms with Crippen LogP contribution in [0.3, 0.4) is 0 Å². The number of carbonyl (C=O) groups excluding carboxylic acids is 1. The quantitative estimate of drug-likeness (QED) is 0.382. The Hall–Kier alpha value is -4.28. The van der Waals surface area contributed by atoms with Crippen molar-refractivity contribution in [1.82, 2.24) is 24.5 Å². The van der Waals surface area contributed by atoms with Crippen LogP contribution in [0.1, 0.15) is 23.7 Å². The maximum atomic E-state index is 13.0. The van der Waals surface area contributed by atoms with Crippen molar-refractivity contribution in [2.45, 2.75) is 26.1 Å². The number of amides is 1. The topological polar surface area (TPSA) is 80.0 Å². The third kappa shape index (κ3) is 4.64. The summed E-state index contributed by atoms with van der Waals surface area (Å²) < 4.78 is 40.4. The highest BCUT2D eigenvalue weighted by atomic mass is 19.4. The summed E-state index contributed by atoms with van der Waals surface area (Å²) in [6, 6.07) is 10.7. The third-order valence-corrected chi connectivity index (χ3v) is 6.32. The van der Waals surface area contributed by atoms with Gasteiger partial charge in [-0.25, -0.2) is 19.9 Å². The molecule has 1 aliphatic rings. The molecule has 0 saturated heterocycles. The molecule has 0 bridgehead atoms. The van der Waals surface area contributed by atoms with Crippen molar-refractivity contribution in [3.8, 4) is 22.8 Å². The van der Waals surface area contributed by atoms with E-state index in [2.05, 4.69) is 15.0 Å². The summed E-state index contributed by atoms with van der Waals surface area (Å²) in [5.74, 6) is 1.89. The highest BCUT2D eigenvalue weighted by molar-refractivity contribution is 6.00. The van der Waals surface area contributed by atoms with Crippen LogP contribution >= 0.6 is 0 Å². The lowest BCUT2D eigenvalue weighted by molar-refractivity contribution is -0.140. The van der Waals surface area contributed by atoms with Gasteiger partial charge in [0.15, 0.2) is 11.5 Å². The van der Waals surface area contributed by atoms with Gasteiger partial charge in [0.1, 0.15) is 17.5 Å². The molecule has 1 amide bonds. The Balaban J connectivity index is 1.42. The van der Waals surface area contributed by atoms with Gasteiger partial charge in [-0.05, 0) is 24.6 Å². The summed E-state index contributed by atoms with van der Waals surface area (Å²) in [6.07, 6.45) is 0.0540. The Bertz CT molecular complexity index is 1460. The van der Waals surface area contributed by atoms with Crippen molar-refractivity contribution < 1.29 is 18.0 Å². The maximum Gasteiger partial charge on any atom is 0.434 e. The molecular weight excluding hydrogens is 483 g/mol. The van der Waals surface area contributed by atoms with Crippen LogP contribution in [-0.4, -0.2) is 44.0 Å². The van der Waals surface area contributed by atoms with Gasteiger partial charge in [0.05, 0.1) is 18.5 Å². The van der Waals surface area contributed by atoms with Gasteiger partial charge in [-0.1, -0.05) is 24.3 Å². The molecule has 190 valence electrons. The van der Waals surface area contributed by atoms with Gasteiger partial charge in [0.2, 0.25) is 5.91 Å². The largest absolute Gasteiger partial charge is 0.434 e. The summed E-state index contributed by atoms with van der Waals surface area (Å²) in [5.41, 5.74) is 1.93. The number of pyridine rings is 1. The van der Waals surface area contributed by atoms with E-state index in [0.29, 0.717) is 17.2 Å². The van der Waals surface area contributed by atoms with E-state index >= 15 is 0 Å². The van der Waals surface area contributed by atoms with Crippen molar-refractivity contribution >= 4 is 17.5 Å². The molecule has 5 rings (SSSR count). The Morgan fingerprint density at radius 1 is 1.08 bits per heavy atom. The lowest BCUT2D eigenvalue weighted by Gasteiger charge is -2.20. The number of nitrogens with zero attached hydrogens (tertiary/aromatic N) is 7. The van der Waals surface area contributed by atoms with Gasteiger partial charge in [-0.2, -0.15) is 13.2 Å². The Kier molecular flexibility index (Phi) is 6.14. The molecule has 0 saturated carbocycles. The second kappa shape index (κ2) is 9.30. The van der Waals surface area contributed by atoms with Gasteiger partial charge >= 0.3 is 6.18 Å². The number of alkyl halides is 3. The molecule has 8 nitrogen and oxygen atoms in total. The molecule has 0 spiro atoms. The normalized spacial score (nSPS) is 13.2. The molecule has 0 radical (unpaired) electrons. The first-order valence-electron chi connectivity index (χ1n) is 11.7. The molecule has 0 atom stereocenters. The van der Waals surface area contributed by atoms with Crippen molar-refractivity contribution in [3.63, 3.8) is 0 Å². The van der Waals surface area contributed by atoms with Crippen molar-refractivity contribution in [1.29, 1.82) is 0 Å². The lowest BCUT2D eigenvalue weighted by Crippen LogP contribution is -2.26. The van der Waals surface area contributed by atoms with E-state index in [-0.39, 0.29) is 24.7 Å². The molecule has 11 heteroatoms. The lowest BCUT2D eigenvalue weighted by atomic mass is 10.1. The van der Waals surface area contributed by atoms with Crippen molar-refractivity contribution in [2.24, 2.45) is 7.05 Å². The summed E-state index contributed by atoms with van der Waals surface area (Å²) in [7, 11) is 3.46. The van der Waals surface area contributed by atoms with Crippen molar-refractivity contribution in [3.05, 3.63) is 71.8 Å². The number of benzene rings is 1. The number of aryl methyl sites for hydroxylation is 1. The minimum absolute atomic E-state index is 0.0958. The molecular formula is C26H24F3N7O. The fraction of sp³-hybridized carbons (Fsp3) is 0.269. The number of rotatable bonds is 6. The number of imidazole rings is 1. The predicted molar refractivity (Wildman–Crippen MR) is 133 cm³/mol. The number of carbonyl (C=O) groups is 1. The molecule has 3 aromatic heterocycles. The van der Waals surface area contributed by atoms with Crippen LogP contribution < -0.4 is 9.80 Å². The van der Waals surface area contributed by atoms with E-state index in [1.807, 2.05) is 31.0 Å². The van der Waals surface area contributed by atoms with Crippen LogP contribution in [-0.2, 0) is 31.0 Å². The fourth-order valence-corrected chi connectivity index (χ4v) is 4.26. The first-order chi connectivity index (χ1) is 17.7. The van der Waals surface area contributed by atoms with Crippen LogP contribution in [0.15, 0.2) is 55.0 Å². The molecule has 37 heavy (non-hydrogen) atoms. The van der Waals surface area contributed by atoms with Crippen LogP contribution in [0, 0.1) is 0 Å². The zero-order chi connectivity index (χ0) is 26.3. The van der Waals surface area contributed by atoms with E-state index < -0.39 is 11.9 Å². The van der Waals surface area contributed by atoms with E-state index in [0.717, 1.165) is 35.2 Å². The molecule has 1 aromatic carbocycles. The van der Waals surface area contributed by atoms with Gasteiger partial charge in [-0.3, -0.25) is 9.69 Å². The molecule has 0 fully saturated rings. The summed E-state index contributed by atoms with van der Waals surface area (Å²) in [6.45, 7) is 3.05. The third-order valence-electron chi connectivity index (χ3n) is 6.32. The first-order valence-corrected chi connectivity index (χ1v) is 11.7. The molecule has 1 aliphatic heterocycles. The summed E-state index contributed by atoms with van der Waals surface area (Å²) in [4.78, 5) is 33.9. The summed E-state index contributed by atoms with van der Waals surface area (Å²) in [5, 5.41) is 0. The molecule has 4 aromatic rings. The molecule has 0 unspecified atom stereocenters. The Morgan fingerprint density at radius 2 is 1.84 bits per heavy atom. The number of hydrogen-bond acceptors (Lipinski definition) is 6. The van der Waals surface area contributed by atoms with Crippen LogP contribution in [0.5, 0.6) is 0 Å². The zero-order valence-corrected chi connectivity index (χ0v) is 20.5. The summed E-state index contributed by atoms with van der Waals surface area (Å²) >= 11 is 0. The highest BCUT2D eigenvalue weighted by Crippen LogP contribution is 2.33. The fourth-order valence-electron chi connectivity index (χ4n) is 4.26. The average molecular weight is 508 g/mol. The zero-order valence-electron chi connectivity index (χ0n) is 20.5.